The molecule has 0 radical (unpaired) electrons. The molecule has 1 heterocycles. The fraction of sp³-hybridized carbons (Fsp3) is 0.833. The monoisotopic (exact) mass is 226 g/mol. The van der Waals surface area contributed by atoms with Gasteiger partial charge < -0.3 is 9.47 Å². The number of Topliss-reactive ketones (excluding diaryl/α,β-unsaturated/α-hetero) is 1. The molecular weight excluding hydrogens is 208 g/mol. The van der Waals surface area contributed by atoms with E-state index >= 15 is 0 Å². The van der Waals surface area contributed by atoms with Crippen molar-refractivity contribution in [1.82, 2.24) is 0 Å². The summed E-state index contributed by atoms with van der Waals surface area (Å²) < 4.78 is 10.3. The molecule has 0 amide bonds. The van der Waals surface area contributed by atoms with E-state index in [0.717, 1.165) is 0 Å². The third-order valence-corrected chi connectivity index (χ3v) is 3.06. The number of carbonyl (C=O) groups excluding carboxylic acids is 2. The third-order valence-electron chi connectivity index (χ3n) is 3.06. The Morgan fingerprint density at radius 2 is 1.81 bits per heavy atom. The number of hydrogen-bond acceptors (Lipinski definition) is 4. The van der Waals surface area contributed by atoms with E-state index in [1.165, 1.54) is 0 Å². The van der Waals surface area contributed by atoms with Crippen LogP contribution in [-0.2, 0) is 19.1 Å². The normalized spacial score (nSPS) is 32.1. The Morgan fingerprint density at radius 3 is 2.31 bits per heavy atom. The summed E-state index contributed by atoms with van der Waals surface area (Å²) in [6.07, 6.45) is -0.0884. The summed E-state index contributed by atoms with van der Waals surface area (Å²) in [6, 6.07) is 0. The minimum atomic E-state index is -0.514. The first-order chi connectivity index (χ1) is 7.38. The molecule has 90 valence electrons. The van der Waals surface area contributed by atoms with Gasteiger partial charge in [0.25, 0.3) is 0 Å². The van der Waals surface area contributed by atoms with Gasteiger partial charge in [0.15, 0.2) is 0 Å². The lowest BCUT2D eigenvalue weighted by molar-refractivity contribution is -0.156. The molecule has 2 aliphatic rings. The number of hydrogen-bond donors (Lipinski definition) is 0. The van der Waals surface area contributed by atoms with Crippen molar-refractivity contribution >= 4 is 11.8 Å². The van der Waals surface area contributed by atoms with Gasteiger partial charge in [-0.05, 0) is 32.6 Å². The molecule has 1 saturated heterocycles. The molecule has 1 aliphatic carbocycles. The topological polar surface area (TPSA) is 52.6 Å². The maximum absolute atomic E-state index is 11.8. The van der Waals surface area contributed by atoms with Crippen LogP contribution in [0.5, 0.6) is 0 Å². The van der Waals surface area contributed by atoms with Gasteiger partial charge in [0.05, 0.1) is 13.2 Å². The summed E-state index contributed by atoms with van der Waals surface area (Å²) in [6.45, 7) is 6.75. The van der Waals surface area contributed by atoms with Crippen molar-refractivity contribution in [3.05, 3.63) is 0 Å². The van der Waals surface area contributed by atoms with Crippen LogP contribution in [0.4, 0.5) is 0 Å². The first-order valence-corrected chi connectivity index (χ1v) is 5.71. The zero-order chi connectivity index (χ0) is 11.9. The van der Waals surface area contributed by atoms with Crippen LogP contribution in [0.3, 0.4) is 0 Å². The number of ether oxygens (including phenoxy) is 2. The SMILES string of the molecule is CC(C)(C)OC(=O)CC(=O)C1[C@H]2COC[C@@H]12. The summed E-state index contributed by atoms with van der Waals surface area (Å²) >= 11 is 0. The van der Waals surface area contributed by atoms with Crippen molar-refractivity contribution in [2.24, 2.45) is 17.8 Å². The second-order valence-electron chi connectivity index (χ2n) is 5.62. The fourth-order valence-corrected chi connectivity index (χ4v) is 2.35. The molecule has 2 rings (SSSR count). The van der Waals surface area contributed by atoms with Gasteiger partial charge in [-0.15, -0.1) is 0 Å². The maximum atomic E-state index is 11.8. The van der Waals surface area contributed by atoms with E-state index in [9.17, 15) is 9.59 Å². The Morgan fingerprint density at radius 1 is 1.25 bits per heavy atom. The van der Waals surface area contributed by atoms with Crippen LogP contribution in [-0.4, -0.2) is 30.6 Å². The Kier molecular flexibility index (Phi) is 2.78. The molecule has 3 atom stereocenters. The molecule has 4 nitrogen and oxygen atoms in total. The van der Waals surface area contributed by atoms with Gasteiger partial charge in [-0.25, -0.2) is 0 Å². The minimum absolute atomic E-state index is 0.0209. The molecule has 2 fully saturated rings. The highest BCUT2D eigenvalue weighted by molar-refractivity contribution is 5.98. The van der Waals surface area contributed by atoms with Crippen LogP contribution in [0.25, 0.3) is 0 Å². The lowest BCUT2D eigenvalue weighted by atomic mass is 10.1. The summed E-state index contributed by atoms with van der Waals surface area (Å²) in [4.78, 5) is 23.2. The van der Waals surface area contributed by atoms with Crippen LogP contribution >= 0.6 is 0 Å². The van der Waals surface area contributed by atoms with E-state index in [-0.39, 0.29) is 18.1 Å². The van der Waals surface area contributed by atoms with Crippen LogP contribution < -0.4 is 0 Å². The van der Waals surface area contributed by atoms with Crippen molar-refractivity contribution < 1.29 is 19.1 Å². The highest BCUT2D eigenvalue weighted by Crippen LogP contribution is 2.51. The Labute approximate surface area is 95.3 Å². The fourth-order valence-electron chi connectivity index (χ4n) is 2.35. The summed E-state index contributed by atoms with van der Waals surface area (Å²) in [5.41, 5.74) is -0.514. The molecule has 1 aliphatic heterocycles. The molecule has 0 aromatic carbocycles. The largest absolute Gasteiger partial charge is 0.460 e. The molecule has 0 spiro atoms. The molecule has 0 bridgehead atoms. The Bertz CT molecular complexity index is 305. The highest BCUT2D eigenvalue weighted by Gasteiger charge is 2.57. The highest BCUT2D eigenvalue weighted by atomic mass is 16.6. The van der Waals surface area contributed by atoms with Gasteiger partial charge >= 0.3 is 5.97 Å². The number of ketones is 1. The van der Waals surface area contributed by atoms with Crippen molar-refractivity contribution in [3.63, 3.8) is 0 Å². The minimum Gasteiger partial charge on any atom is -0.460 e. The summed E-state index contributed by atoms with van der Waals surface area (Å²) in [5.74, 6) is 0.405. The number of rotatable bonds is 3. The number of esters is 1. The lowest BCUT2D eigenvalue weighted by Crippen LogP contribution is -2.26. The summed E-state index contributed by atoms with van der Waals surface area (Å²) in [5, 5.41) is 0. The Balaban J connectivity index is 1.78. The van der Waals surface area contributed by atoms with Gasteiger partial charge in [-0.1, -0.05) is 0 Å². The van der Waals surface area contributed by atoms with Crippen molar-refractivity contribution in [2.75, 3.05) is 13.2 Å². The van der Waals surface area contributed by atoms with Crippen LogP contribution in [0.15, 0.2) is 0 Å². The number of fused-ring (bicyclic) bond motifs is 1. The van der Waals surface area contributed by atoms with Gasteiger partial charge in [-0.3, -0.25) is 9.59 Å². The third kappa shape index (κ3) is 2.43. The molecular formula is C12H18O4. The van der Waals surface area contributed by atoms with E-state index < -0.39 is 11.6 Å². The quantitative estimate of drug-likeness (QED) is 0.535. The zero-order valence-corrected chi connectivity index (χ0v) is 9.99. The molecule has 16 heavy (non-hydrogen) atoms. The van der Waals surface area contributed by atoms with Gasteiger partial charge in [-0.2, -0.15) is 0 Å². The average Bonchev–Trinajstić information content (AvgIpc) is 2.58. The number of carbonyl (C=O) groups is 2. The van der Waals surface area contributed by atoms with Crippen molar-refractivity contribution in [3.8, 4) is 0 Å². The van der Waals surface area contributed by atoms with Gasteiger partial charge in [0, 0.05) is 5.92 Å². The first-order valence-electron chi connectivity index (χ1n) is 5.71. The standard InChI is InChI=1S/C12H18O4/c1-12(2,3)16-10(14)4-9(13)11-7-5-15-6-8(7)11/h7-8,11H,4-6H2,1-3H3/t7-,8+,11?. The first kappa shape index (κ1) is 11.6. The van der Waals surface area contributed by atoms with Crippen LogP contribution in [0.2, 0.25) is 0 Å². The van der Waals surface area contributed by atoms with Crippen molar-refractivity contribution in [1.29, 1.82) is 0 Å². The molecule has 1 unspecified atom stereocenters. The molecule has 1 saturated carbocycles. The van der Waals surface area contributed by atoms with Crippen molar-refractivity contribution in [2.45, 2.75) is 32.8 Å². The molecule has 0 N–H and O–H groups in total. The molecule has 0 aromatic heterocycles. The van der Waals surface area contributed by atoms with E-state index in [4.69, 9.17) is 9.47 Å². The molecule has 4 heteroatoms. The predicted molar refractivity (Wildman–Crippen MR) is 56.8 cm³/mol. The van der Waals surface area contributed by atoms with Crippen LogP contribution in [0, 0.1) is 17.8 Å². The van der Waals surface area contributed by atoms with E-state index in [1.807, 2.05) is 0 Å². The smallest absolute Gasteiger partial charge is 0.313 e. The van der Waals surface area contributed by atoms with E-state index in [0.29, 0.717) is 25.0 Å². The average molecular weight is 226 g/mol. The van der Waals surface area contributed by atoms with E-state index in [2.05, 4.69) is 0 Å². The second-order valence-corrected chi connectivity index (χ2v) is 5.62. The predicted octanol–water partition coefficient (Wildman–Crippen LogP) is 1.18. The van der Waals surface area contributed by atoms with Gasteiger partial charge in [0.2, 0.25) is 0 Å². The molecule has 0 aromatic rings. The summed E-state index contributed by atoms with van der Waals surface area (Å²) in [7, 11) is 0. The lowest BCUT2D eigenvalue weighted by Gasteiger charge is -2.19. The second kappa shape index (κ2) is 3.84. The van der Waals surface area contributed by atoms with Gasteiger partial charge in [0.1, 0.15) is 17.8 Å². The Hall–Kier alpha value is -0.900. The van der Waals surface area contributed by atoms with Crippen LogP contribution in [0.1, 0.15) is 27.2 Å². The maximum Gasteiger partial charge on any atom is 0.313 e. The van der Waals surface area contributed by atoms with E-state index in [1.54, 1.807) is 20.8 Å². The zero-order valence-electron chi connectivity index (χ0n) is 9.99.